The van der Waals surface area contributed by atoms with Crippen LogP contribution in [0.3, 0.4) is 0 Å². The summed E-state index contributed by atoms with van der Waals surface area (Å²) in [6.45, 7) is -0.0478. The minimum Gasteiger partial charge on any atom is -0.347 e. The topological polar surface area (TPSA) is 86.9 Å². The second-order valence-electron chi connectivity index (χ2n) is 5.25. The minimum atomic E-state index is -0.279. The molecule has 0 bridgehead atoms. The number of rotatable bonds is 5. The van der Waals surface area contributed by atoms with Crippen molar-refractivity contribution in [2.24, 2.45) is 5.92 Å². The molecule has 0 radical (unpaired) electrons. The number of halogens is 1. The Morgan fingerprint density at radius 2 is 2.09 bits per heavy atom. The van der Waals surface area contributed by atoms with E-state index < -0.39 is 0 Å². The molecule has 114 valence electrons. The molecule has 0 aliphatic heterocycles. The molecule has 0 unspecified atom stereocenters. The lowest BCUT2D eigenvalue weighted by atomic mass is 10.1. The summed E-state index contributed by atoms with van der Waals surface area (Å²) < 4.78 is 0. The monoisotopic (exact) mass is 318 g/mol. The normalized spacial score (nSPS) is 19.5. The van der Waals surface area contributed by atoms with Crippen molar-refractivity contribution in [3.8, 4) is 0 Å². The van der Waals surface area contributed by atoms with E-state index in [9.17, 15) is 9.59 Å². The average Bonchev–Trinajstić information content (AvgIpc) is 3.15. The van der Waals surface area contributed by atoms with Gasteiger partial charge >= 0.3 is 0 Å². The second-order valence-corrected chi connectivity index (χ2v) is 5.69. The number of nitrogens with zero attached hydrogens (tertiary/aromatic N) is 1. The van der Waals surface area contributed by atoms with Crippen LogP contribution in [0.1, 0.15) is 17.9 Å². The summed E-state index contributed by atoms with van der Waals surface area (Å²) in [5.74, 6) is -0.224. The third-order valence-electron chi connectivity index (χ3n) is 3.63. The molecular formula is C15H15ClN4O2. The molecule has 1 aliphatic rings. The fourth-order valence-electron chi connectivity index (χ4n) is 2.39. The van der Waals surface area contributed by atoms with E-state index in [1.165, 1.54) is 6.20 Å². The van der Waals surface area contributed by atoms with Crippen LogP contribution in [0.4, 0.5) is 5.69 Å². The second kappa shape index (κ2) is 6.19. The fraction of sp³-hybridized carbons (Fsp3) is 0.267. The Hall–Kier alpha value is -2.34. The molecule has 22 heavy (non-hydrogen) atoms. The smallest absolute Gasteiger partial charge is 0.243 e. The van der Waals surface area contributed by atoms with Crippen LogP contribution in [0.15, 0.2) is 36.7 Å². The molecule has 3 rings (SSSR count). The Labute approximate surface area is 132 Å². The molecular weight excluding hydrogens is 304 g/mol. The van der Waals surface area contributed by atoms with E-state index in [0.717, 1.165) is 12.0 Å². The molecule has 2 aromatic rings. The van der Waals surface area contributed by atoms with Crippen molar-refractivity contribution >= 4 is 29.1 Å². The first-order valence-electron chi connectivity index (χ1n) is 6.95. The van der Waals surface area contributed by atoms with Crippen molar-refractivity contribution in [2.75, 3.05) is 11.9 Å². The molecule has 0 saturated heterocycles. The lowest BCUT2D eigenvalue weighted by Gasteiger charge is -2.05. The first-order chi connectivity index (χ1) is 10.6. The van der Waals surface area contributed by atoms with Gasteiger partial charge in [-0.2, -0.15) is 5.10 Å². The van der Waals surface area contributed by atoms with Gasteiger partial charge in [0.25, 0.3) is 0 Å². The highest BCUT2D eigenvalue weighted by molar-refractivity contribution is 6.30. The zero-order chi connectivity index (χ0) is 15.5. The molecule has 1 fully saturated rings. The van der Waals surface area contributed by atoms with Crippen LogP contribution in [-0.2, 0) is 9.59 Å². The molecule has 3 N–H and O–H groups in total. The van der Waals surface area contributed by atoms with Gasteiger partial charge < -0.3 is 10.6 Å². The highest BCUT2D eigenvalue weighted by Gasteiger charge is 2.43. The Morgan fingerprint density at radius 3 is 2.77 bits per heavy atom. The van der Waals surface area contributed by atoms with Gasteiger partial charge in [0, 0.05) is 17.1 Å². The summed E-state index contributed by atoms with van der Waals surface area (Å²) >= 11 is 5.85. The molecule has 1 aliphatic carbocycles. The number of carbonyl (C=O) groups is 2. The molecule has 1 heterocycles. The van der Waals surface area contributed by atoms with Crippen LogP contribution in [0.25, 0.3) is 0 Å². The Morgan fingerprint density at radius 1 is 1.32 bits per heavy atom. The molecule has 2 atom stereocenters. The number of nitrogens with one attached hydrogen (secondary N) is 3. The third-order valence-corrected chi connectivity index (χ3v) is 3.88. The zero-order valence-electron chi connectivity index (χ0n) is 11.7. The van der Waals surface area contributed by atoms with Crippen molar-refractivity contribution in [2.45, 2.75) is 12.3 Å². The lowest BCUT2D eigenvalue weighted by molar-refractivity contribution is -0.125. The van der Waals surface area contributed by atoms with E-state index in [-0.39, 0.29) is 30.2 Å². The lowest BCUT2D eigenvalue weighted by Crippen LogP contribution is -2.34. The molecule has 7 heteroatoms. The highest BCUT2D eigenvalue weighted by Crippen LogP contribution is 2.47. The van der Waals surface area contributed by atoms with Crippen LogP contribution in [0.5, 0.6) is 0 Å². The van der Waals surface area contributed by atoms with Crippen molar-refractivity contribution in [1.29, 1.82) is 0 Å². The van der Waals surface area contributed by atoms with E-state index >= 15 is 0 Å². The van der Waals surface area contributed by atoms with Gasteiger partial charge in [-0.15, -0.1) is 0 Å². The molecule has 6 nitrogen and oxygen atoms in total. The quantitative estimate of drug-likeness (QED) is 0.787. The van der Waals surface area contributed by atoms with E-state index in [4.69, 9.17) is 11.6 Å². The van der Waals surface area contributed by atoms with Gasteiger partial charge in [0.2, 0.25) is 11.8 Å². The van der Waals surface area contributed by atoms with Crippen molar-refractivity contribution in [1.82, 2.24) is 15.5 Å². The van der Waals surface area contributed by atoms with E-state index in [2.05, 4.69) is 20.8 Å². The maximum Gasteiger partial charge on any atom is 0.243 e. The van der Waals surface area contributed by atoms with Crippen LogP contribution < -0.4 is 10.6 Å². The molecule has 1 aromatic heterocycles. The Balaban J connectivity index is 1.45. The molecule has 1 saturated carbocycles. The van der Waals surface area contributed by atoms with Crippen molar-refractivity contribution in [3.63, 3.8) is 0 Å². The number of benzene rings is 1. The number of aromatic nitrogens is 2. The van der Waals surface area contributed by atoms with Gasteiger partial charge in [-0.05, 0) is 30.0 Å². The predicted molar refractivity (Wildman–Crippen MR) is 82.5 cm³/mol. The zero-order valence-corrected chi connectivity index (χ0v) is 12.4. The fourth-order valence-corrected chi connectivity index (χ4v) is 2.51. The van der Waals surface area contributed by atoms with E-state index in [1.54, 1.807) is 6.20 Å². The van der Waals surface area contributed by atoms with E-state index in [0.29, 0.717) is 10.7 Å². The Kier molecular flexibility index (Phi) is 4.11. The maximum atomic E-state index is 12.0. The van der Waals surface area contributed by atoms with Crippen molar-refractivity contribution in [3.05, 3.63) is 47.2 Å². The van der Waals surface area contributed by atoms with E-state index in [1.807, 2.05) is 24.3 Å². The number of carbonyl (C=O) groups excluding carboxylic acids is 2. The molecule has 1 aromatic carbocycles. The third kappa shape index (κ3) is 3.46. The molecule has 0 spiro atoms. The largest absolute Gasteiger partial charge is 0.347 e. The predicted octanol–water partition coefficient (Wildman–Crippen LogP) is 1.92. The van der Waals surface area contributed by atoms with Crippen LogP contribution >= 0.6 is 11.6 Å². The van der Waals surface area contributed by atoms with Gasteiger partial charge in [0.05, 0.1) is 18.4 Å². The van der Waals surface area contributed by atoms with Gasteiger partial charge in [-0.3, -0.25) is 14.7 Å². The van der Waals surface area contributed by atoms with Gasteiger partial charge in [-0.1, -0.05) is 23.7 Å². The summed E-state index contributed by atoms with van der Waals surface area (Å²) in [5.41, 5.74) is 1.68. The van der Waals surface area contributed by atoms with Gasteiger partial charge in [-0.25, -0.2) is 0 Å². The Bertz CT molecular complexity index is 669. The number of aromatic amines is 1. The number of anilines is 1. The van der Waals surface area contributed by atoms with Gasteiger partial charge in [0.15, 0.2) is 0 Å². The van der Waals surface area contributed by atoms with Crippen LogP contribution in [-0.4, -0.2) is 28.6 Å². The summed E-state index contributed by atoms with van der Waals surface area (Å²) in [4.78, 5) is 23.7. The highest BCUT2D eigenvalue weighted by atomic mass is 35.5. The summed E-state index contributed by atoms with van der Waals surface area (Å²) in [7, 11) is 0. The maximum absolute atomic E-state index is 12.0. The molecule has 2 amide bonds. The minimum absolute atomic E-state index is 0.0478. The first kappa shape index (κ1) is 14.6. The number of hydrogen-bond acceptors (Lipinski definition) is 3. The first-order valence-corrected chi connectivity index (χ1v) is 7.33. The summed E-state index contributed by atoms with van der Waals surface area (Å²) in [5, 5.41) is 12.3. The number of amides is 2. The summed E-state index contributed by atoms with van der Waals surface area (Å²) in [6.07, 6.45) is 3.87. The number of H-pyrrole nitrogens is 1. The SMILES string of the molecule is O=C(CNC(=O)[C@H]1C[C@@H]1c1ccc(Cl)cc1)Nc1cn[nH]c1. The number of hydrogen-bond donors (Lipinski definition) is 3. The van der Waals surface area contributed by atoms with Crippen LogP contribution in [0, 0.1) is 5.92 Å². The van der Waals surface area contributed by atoms with Gasteiger partial charge in [0.1, 0.15) is 0 Å². The van der Waals surface area contributed by atoms with Crippen LogP contribution in [0.2, 0.25) is 5.02 Å². The average molecular weight is 319 g/mol. The van der Waals surface area contributed by atoms with Crippen molar-refractivity contribution < 1.29 is 9.59 Å². The summed E-state index contributed by atoms with van der Waals surface area (Å²) in [6, 6.07) is 7.52. The standard InChI is InChI=1S/C15H15ClN4O2/c16-10-3-1-9(2-4-10)12-5-13(12)15(22)17-8-14(21)20-11-6-18-19-7-11/h1-4,6-7,12-13H,5,8H2,(H,17,22)(H,18,19)(H,20,21)/t12-,13+/m1/s1.